The maximum absolute atomic E-state index is 2.34. The van der Waals surface area contributed by atoms with Crippen LogP contribution in [0.25, 0.3) is 0 Å². The van der Waals surface area contributed by atoms with Gasteiger partial charge in [0.15, 0.2) is 0 Å². The number of hydrogen-bond acceptors (Lipinski definition) is 0. The fraction of sp³-hybridized carbons (Fsp3) is 1.00. The molecular weight excluding hydrogens is 565 g/mol. The lowest BCUT2D eigenvalue weighted by Crippen LogP contribution is -2.01. The minimum Gasteiger partial charge on any atom is -0.0654 e. The molecule has 0 amide bonds. The van der Waals surface area contributed by atoms with Crippen LogP contribution in [0, 0.1) is 5.92 Å². The van der Waals surface area contributed by atoms with Gasteiger partial charge in [-0.1, -0.05) is 297 Å². The first-order chi connectivity index (χ1) is 23.3. The van der Waals surface area contributed by atoms with Crippen LogP contribution in [0.15, 0.2) is 0 Å². The van der Waals surface area contributed by atoms with E-state index in [4.69, 9.17) is 0 Å². The van der Waals surface area contributed by atoms with Gasteiger partial charge in [-0.25, -0.2) is 0 Å². The minimum atomic E-state index is 1.04. The molecule has 0 aliphatic heterocycles. The summed E-state index contributed by atoms with van der Waals surface area (Å²) in [5, 5.41) is 0. The fourth-order valence-corrected chi connectivity index (χ4v) is 7.96. The molecule has 0 aliphatic carbocycles. The molecule has 0 bridgehead atoms. The van der Waals surface area contributed by atoms with E-state index in [-0.39, 0.29) is 0 Å². The number of rotatable bonds is 43. The molecule has 1 unspecified atom stereocenters. The van der Waals surface area contributed by atoms with Crippen LogP contribution in [0.3, 0.4) is 0 Å². The molecule has 0 heterocycles. The van der Waals surface area contributed by atoms with Gasteiger partial charge in [0, 0.05) is 0 Å². The molecule has 0 aromatic carbocycles. The Bertz CT molecular complexity index is 508. The Labute approximate surface area is 302 Å². The van der Waals surface area contributed by atoms with E-state index in [1.165, 1.54) is 276 Å². The van der Waals surface area contributed by atoms with Gasteiger partial charge in [-0.15, -0.1) is 0 Å². The zero-order chi connectivity index (χ0) is 34.0. The summed E-state index contributed by atoms with van der Waals surface area (Å²) in [7, 11) is 0. The quantitative estimate of drug-likeness (QED) is 0.0571. The molecule has 0 saturated heterocycles. The van der Waals surface area contributed by atoms with Gasteiger partial charge in [0.1, 0.15) is 0 Å². The third-order valence-electron chi connectivity index (χ3n) is 11.4. The SMILES string of the molecule is CCCCCCCCCCCCCCCCCCCCCCCCCCCCCCC(CCCCCCC)CCCCCCCCC. The summed E-state index contributed by atoms with van der Waals surface area (Å²) < 4.78 is 0. The van der Waals surface area contributed by atoms with E-state index < -0.39 is 0 Å². The van der Waals surface area contributed by atoms with Crippen LogP contribution in [0.4, 0.5) is 0 Å². The molecule has 0 aromatic heterocycles. The highest BCUT2D eigenvalue weighted by Crippen LogP contribution is 2.25. The highest BCUT2D eigenvalue weighted by atomic mass is 14.1. The van der Waals surface area contributed by atoms with Crippen LogP contribution in [0.5, 0.6) is 0 Å². The predicted molar refractivity (Wildman–Crippen MR) is 219 cm³/mol. The van der Waals surface area contributed by atoms with E-state index >= 15 is 0 Å². The second-order valence-electron chi connectivity index (χ2n) is 16.3. The summed E-state index contributed by atoms with van der Waals surface area (Å²) in [6.07, 6.45) is 63.8. The Hall–Kier alpha value is 0. The molecule has 0 N–H and O–H groups in total. The lowest BCUT2D eigenvalue weighted by atomic mass is 9.89. The Morgan fingerprint density at radius 1 is 0.170 bits per heavy atom. The summed E-state index contributed by atoms with van der Waals surface area (Å²) in [6.45, 7) is 6.98. The van der Waals surface area contributed by atoms with Crippen molar-refractivity contribution in [1.82, 2.24) is 0 Å². The Morgan fingerprint density at radius 2 is 0.298 bits per heavy atom. The predicted octanol–water partition coefficient (Wildman–Crippen LogP) is 18.4. The molecule has 284 valence electrons. The minimum absolute atomic E-state index is 1.04. The molecule has 0 saturated carbocycles. The van der Waals surface area contributed by atoms with Crippen LogP contribution in [-0.2, 0) is 0 Å². The summed E-state index contributed by atoms with van der Waals surface area (Å²) in [6, 6.07) is 0. The lowest BCUT2D eigenvalue weighted by Gasteiger charge is -2.17. The van der Waals surface area contributed by atoms with E-state index in [1.54, 1.807) is 0 Å². The van der Waals surface area contributed by atoms with Crippen molar-refractivity contribution in [3.8, 4) is 0 Å². The smallest absolute Gasteiger partial charge is 0.0414 e. The lowest BCUT2D eigenvalue weighted by molar-refractivity contribution is 0.365. The summed E-state index contributed by atoms with van der Waals surface area (Å²) in [5.74, 6) is 1.04. The molecule has 0 fully saturated rings. The molecule has 47 heavy (non-hydrogen) atoms. The van der Waals surface area contributed by atoms with Crippen molar-refractivity contribution in [3.05, 3.63) is 0 Å². The standard InChI is InChI=1S/C47H96/c1-4-7-10-13-15-16-17-18-19-20-21-22-23-24-25-26-27-28-29-30-31-32-33-34-35-37-40-43-46-47(44-41-38-12-9-6-3)45-42-39-36-14-11-8-5-2/h47H,4-46H2,1-3H3. The average molecular weight is 661 g/mol. The van der Waals surface area contributed by atoms with Gasteiger partial charge < -0.3 is 0 Å². The van der Waals surface area contributed by atoms with Gasteiger partial charge in [-0.2, -0.15) is 0 Å². The van der Waals surface area contributed by atoms with E-state index in [0.717, 1.165) is 5.92 Å². The zero-order valence-electron chi connectivity index (χ0n) is 34.0. The van der Waals surface area contributed by atoms with Crippen molar-refractivity contribution in [2.24, 2.45) is 5.92 Å². The van der Waals surface area contributed by atoms with Crippen LogP contribution in [0.2, 0.25) is 0 Å². The monoisotopic (exact) mass is 661 g/mol. The molecule has 1 atom stereocenters. The molecule has 0 spiro atoms. The van der Waals surface area contributed by atoms with Crippen molar-refractivity contribution in [3.63, 3.8) is 0 Å². The zero-order valence-corrected chi connectivity index (χ0v) is 34.0. The van der Waals surface area contributed by atoms with E-state index in [9.17, 15) is 0 Å². The second-order valence-corrected chi connectivity index (χ2v) is 16.3. The van der Waals surface area contributed by atoms with Crippen molar-refractivity contribution >= 4 is 0 Å². The van der Waals surface area contributed by atoms with Crippen molar-refractivity contribution in [1.29, 1.82) is 0 Å². The first-order valence-corrected chi connectivity index (χ1v) is 23.3. The highest BCUT2D eigenvalue weighted by Gasteiger charge is 2.09. The third kappa shape index (κ3) is 42.1. The molecule has 0 heteroatoms. The number of hydrogen-bond donors (Lipinski definition) is 0. The van der Waals surface area contributed by atoms with Gasteiger partial charge in [-0.3, -0.25) is 0 Å². The number of unbranched alkanes of at least 4 members (excludes halogenated alkanes) is 37. The van der Waals surface area contributed by atoms with Crippen LogP contribution in [0.1, 0.15) is 297 Å². The van der Waals surface area contributed by atoms with E-state index in [2.05, 4.69) is 20.8 Å². The average Bonchev–Trinajstić information content (AvgIpc) is 3.08. The van der Waals surface area contributed by atoms with Gasteiger partial charge in [0.2, 0.25) is 0 Å². The molecular formula is C47H96. The Balaban J connectivity index is 3.41. The highest BCUT2D eigenvalue weighted by molar-refractivity contribution is 4.62. The molecule has 0 rings (SSSR count). The fourth-order valence-electron chi connectivity index (χ4n) is 7.96. The topological polar surface area (TPSA) is 0 Å². The summed E-state index contributed by atoms with van der Waals surface area (Å²) in [5.41, 5.74) is 0. The Kier molecular flexibility index (Phi) is 44.0. The summed E-state index contributed by atoms with van der Waals surface area (Å²) >= 11 is 0. The molecule has 0 aliphatic rings. The maximum Gasteiger partial charge on any atom is -0.0414 e. The van der Waals surface area contributed by atoms with Gasteiger partial charge in [0.25, 0.3) is 0 Å². The third-order valence-corrected chi connectivity index (χ3v) is 11.4. The van der Waals surface area contributed by atoms with Gasteiger partial charge in [-0.05, 0) is 5.92 Å². The van der Waals surface area contributed by atoms with Crippen molar-refractivity contribution in [2.75, 3.05) is 0 Å². The van der Waals surface area contributed by atoms with Crippen molar-refractivity contribution < 1.29 is 0 Å². The van der Waals surface area contributed by atoms with Crippen LogP contribution >= 0.6 is 0 Å². The molecule has 0 nitrogen and oxygen atoms in total. The maximum atomic E-state index is 2.34. The molecule has 0 aromatic rings. The normalized spacial score (nSPS) is 12.3. The Morgan fingerprint density at radius 3 is 0.447 bits per heavy atom. The van der Waals surface area contributed by atoms with Gasteiger partial charge >= 0.3 is 0 Å². The second kappa shape index (κ2) is 44.0. The van der Waals surface area contributed by atoms with E-state index in [1.807, 2.05) is 0 Å². The summed E-state index contributed by atoms with van der Waals surface area (Å²) in [4.78, 5) is 0. The van der Waals surface area contributed by atoms with E-state index in [0.29, 0.717) is 0 Å². The molecule has 0 radical (unpaired) electrons. The first kappa shape index (κ1) is 47.0. The first-order valence-electron chi connectivity index (χ1n) is 23.3. The van der Waals surface area contributed by atoms with Gasteiger partial charge in [0.05, 0.1) is 0 Å². The van der Waals surface area contributed by atoms with Crippen molar-refractivity contribution in [2.45, 2.75) is 297 Å². The van der Waals surface area contributed by atoms with Crippen LogP contribution in [-0.4, -0.2) is 0 Å². The van der Waals surface area contributed by atoms with Crippen LogP contribution < -0.4 is 0 Å². The largest absolute Gasteiger partial charge is 0.0654 e.